The van der Waals surface area contributed by atoms with Gasteiger partial charge in [-0.3, -0.25) is 9.79 Å². The molecular weight excluding hydrogens is 344 g/mol. The van der Waals surface area contributed by atoms with Gasteiger partial charge in [-0.15, -0.1) is 0 Å². The molecule has 0 radical (unpaired) electrons. The van der Waals surface area contributed by atoms with E-state index in [9.17, 15) is 4.79 Å². The molecule has 0 saturated carbocycles. The number of ether oxygens (including phenoxy) is 2. The van der Waals surface area contributed by atoms with Crippen molar-refractivity contribution in [3.05, 3.63) is 35.4 Å². The fourth-order valence-electron chi connectivity index (χ4n) is 2.84. The van der Waals surface area contributed by atoms with E-state index in [0.717, 1.165) is 37.5 Å². The van der Waals surface area contributed by atoms with Gasteiger partial charge in [0, 0.05) is 45.9 Å². The lowest BCUT2D eigenvalue weighted by Crippen LogP contribution is -2.45. The predicted octanol–water partition coefficient (Wildman–Crippen LogP) is 1.29. The summed E-state index contributed by atoms with van der Waals surface area (Å²) in [7, 11) is 5.28. The van der Waals surface area contributed by atoms with Crippen LogP contribution in [0.2, 0.25) is 0 Å². The maximum atomic E-state index is 12.1. The number of nitrogens with one attached hydrogen (secondary N) is 2. The first-order valence-electron chi connectivity index (χ1n) is 9.46. The van der Waals surface area contributed by atoms with E-state index in [-0.39, 0.29) is 18.1 Å². The molecule has 27 heavy (non-hydrogen) atoms. The van der Waals surface area contributed by atoms with Gasteiger partial charge in [-0.1, -0.05) is 12.1 Å². The third-order valence-corrected chi connectivity index (χ3v) is 4.36. The maximum absolute atomic E-state index is 12.1. The fourth-order valence-corrected chi connectivity index (χ4v) is 2.84. The van der Waals surface area contributed by atoms with Crippen LogP contribution >= 0.6 is 0 Å². The SMILES string of the molecule is CN=C(NCCc1cccc(C(=O)N(C)C)c1)NC(C)COC1CCOC1. The second-order valence-electron chi connectivity index (χ2n) is 7.01. The first-order chi connectivity index (χ1) is 13.0. The molecule has 0 aliphatic carbocycles. The average Bonchev–Trinajstić information content (AvgIpc) is 3.18. The number of rotatable bonds is 8. The number of amides is 1. The quantitative estimate of drug-likeness (QED) is 0.528. The lowest BCUT2D eigenvalue weighted by Gasteiger charge is -2.19. The van der Waals surface area contributed by atoms with Gasteiger partial charge in [0.15, 0.2) is 5.96 Å². The zero-order chi connectivity index (χ0) is 19.6. The molecule has 2 unspecified atom stereocenters. The van der Waals surface area contributed by atoms with Crippen molar-refractivity contribution in [3.8, 4) is 0 Å². The largest absolute Gasteiger partial charge is 0.379 e. The highest BCUT2D eigenvalue weighted by atomic mass is 16.5. The van der Waals surface area contributed by atoms with Gasteiger partial charge in [0.05, 0.1) is 19.3 Å². The smallest absolute Gasteiger partial charge is 0.253 e. The first kappa shape index (κ1) is 21.2. The van der Waals surface area contributed by atoms with Gasteiger partial charge in [-0.2, -0.15) is 0 Å². The molecule has 1 heterocycles. The Morgan fingerprint density at radius 1 is 1.44 bits per heavy atom. The van der Waals surface area contributed by atoms with Gasteiger partial charge >= 0.3 is 0 Å². The number of hydrogen-bond donors (Lipinski definition) is 2. The van der Waals surface area contributed by atoms with Crippen LogP contribution in [-0.4, -0.2) is 76.4 Å². The van der Waals surface area contributed by atoms with Crippen LogP contribution in [0.15, 0.2) is 29.3 Å². The third kappa shape index (κ3) is 7.19. The van der Waals surface area contributed by atoms with Crippen LogP contribution in [-0.2, 0) is 15.9 Å². The summed E-state index contributed by atoms with van der Waals surface area (Å²) in [6.45, 7) is 4.89. The molecule has 1 aliphatic heterocycles. The van der Waals surface area contributed by atoms with Crippen LogP contribution in [0.3, 0.4) is 0 Å². The average molecular weight is 377 g/mol. The van der Waals surface area contributed by atoms with E-state index in [4.69, 9.17) is 9.47 Å². The second kappa shape index (κ2) is 10.9. The molecule has 2 atom stereocenters. The van der Waals surface area contributed by atoms with Crippen LogP contribution in [0.4, 0.5) is 0 Å². The molecule has 1 amide bonds. The lowest BCUT2D eigenvalue weighted by molar-refractivity contribution is 0.0347. The Morgan fingerprint density at radius 3 is 2.93 bits per heavy atom. The first-order valence-corrected chi connectivity index (χ1v) is 9.46. The Kier molecular flexibility index (Phi) is 8.54. The minimum Gasteiger partial charge on any atom is -0.379 e. The molecule has 1 saturated heterocycles. The highest BCUT2D eigenvalue weighted by Crippen LogP contribution is 2.09. The Hall–Kier alpha value is -2.12. The minimum atomic E-state index is 0.0174. The summed E-state index contributed by atoms with van der Waals surface area (Å²) >= 11 is 0. The Balaban J connectivity index is 1.74. The minimum absolute atomic E-state index is 0.0174. The molecule has 1 aromatic carbocycles. The van der Waals surface area contributed by atoms with Crippen molar-refractivity contribution in [3.63, 3.8) is 0 Å². The highest BCUT2D eigenvalue weighted by Gasteiger charge is 2.17. The standard InChI is InChI=1S/C20H32N4O3/c1-15(13-27-18-9-11-26-14-18)23-20(21-2)22-10-8-16-6-5-7-17(12-16)19(25)24(3)4/h5-7,12,15,18H,8-11,13-14H2,1-4H3,(H2,21,22,23). The van der Waals surface area contributed by atoms with Gasteiger partial charge < -0.3 is 25.0 Å². The van der Waals surface area contributed by atoms with E-state index >= 15 is 0 Å². The van der Waals surface area contributed by atoms with Crippen molar-refractivity contribution >= 4 is 11.9 Å². The van der Waals surface area contributed by atoms with Crippen molar-refractivity contribution in [1.82, 2.24) is 15.5 Å². The van der Waals surface area contributed by atoms with Crippen LogP contribution in [0.25, 0.3) is 0 Å². The van der Waals surface area contributed by atoms with Gasteiger partial charge in [0.25, 0.3) is 5.91 Å². The van der Waals surface area contributed by atoms with E-state index in [1.165, 1.54) is 0 Å². The molecule has 0 aromatic heterocycles. The molecule has 0 spiro atoms. The number of carbonyl (C=O) groups excluding carboxylic acids is 1. The highest BCUT2D eigenvalue weighted by molar-refractivity contribution is 5.94. The molecule has 2 N–H and O–H groups in total. The number of guanidine groups is 1. The van der Waals surface area contributed by atoms with Crippen LogP contribution in [0.5, 0.6) is 0 Å². The molecule has 1 fully saturated rings. The Labute approximate surface area is 162 Å². The summed E-state index contributed by atoms with van der Waals surface area (Å²) < 4.78 is 11.2. The summed E-state index contributed by atoms with van der Waals surface area (Å²) in [5.41, 5.74) is 1.82. The number of nitrogens with zero attached hydrogens (tertiary/aromatic N) is 2. The zero-order valence-corrected chi connectivity index (χ0v) is 16.8. The van der Waals surface area contributed by atoms with Gasteiger partial charge in [-0.25, -0.2) is 0 Å². The molecule has 2 rings (SSSR count). The zero-order valence-electron chi connectivity index (χ0n) is 16.8. The van der Waals surface area contributed by atoms with Crippen LogP contribution in [0.1, 0.15) is 29.3 Å². The van der Waals surface area contributed by atoms with Crippen molar-refractivity contribution in [2.24, 2.45) is 4.99 Å². The van der Waals surface area contributed by atoms with E-state index in [2.05, 4.69) is 22.5 Å². The van der Waals surface area contributed by atoms with Gasteiger partial charge in [-0.05, 0) is 37.5 Å². The third-order valence-electron chi connectivity index (χ3n) is 4.36. The molecule has 7 heteroatoms. The van der Waals surface area contributed by atoms with E-state index in [0.29, 0.717) is 18.8 Å². The topological polar surface area (TPSA) is 75.2 Å². The number of hydrogen-bond acceptors (Lipinski definition) is 4. The van der Waals surface area contributed by atoms with Crippen molar-refractivity contribution in [2.75, 3.05) is 47.5 Å². The molecule has 7 nitrogen and oxygen atoms in total. The van der Waals surface area contributed by atoms with Crippen molar-refractivity contribution in [1.29, 1.82) is 0 Å². The second-order valence-corrected chi connectivity index (χ2v) is 7.01. The molecule has 150 valence electrons. The fraction of sp³-hybridized carbons (Fsp3) is 0.600. The van der Waals surface area contributed by atoms with Crippen LogP contribution in [0, 0.1) is 0 Å². The number of benzene rings is 1. The monoisotopic (exact) mass is 376 g/mol. The van der Waals surface area contributed by atoms with Crippen molar-refractivity contribution < 1.29 is 14.3 Å². The number of aliphatic imine (C=N–C) groups is 1. The summed E-state index contributed by atoms with van der Waals surface area (Å²) in [4.78, 5) is 17.9. The summed E-state index contributed by atoms with van der Waals surface area (Å²) in [5, 5.41) is 6.65. The van der Waals surface area contributed by atoms with Crippen LogP contribution < -0.4 is 10.6 Å². The Bertz CT molecular complexity index is 627. The normalized spacial score (nSPS) is 18.2. The summed E-state index contributed by atoms with van der Waals surface area (Å²) in [5.74, 6) is 0.762. The molecule has 0 bridgehead atoms. The lowest BCUT2D eigenvalue weighted by atomic mass is 10.1. The number of carbonyl (C=O) groups is 1. The molecular formula is C20H32N4O3. The predicted molar refractivity (Wildman–Crippen MR) is 107 cm³/mol. The molecule has 1 aromatic rings. The van der Waals surface area contributed by atoms with E-state index in [1.54, 1.807) is 26.0 Å². The Morgan fingerprint density at radius 2 is 2.26 bits per heavy atom. The van der Waals surface area contributed by atoms with E-state index in [1.807, 2.05) is 24.3 Å². The van der Waals surface area contributed by atoms with Crippen molar-refractivity contribution in [2.45, 2.75) is 31.9 Å². The van der Waals surface area contributed by atoms with E-state index < -0.39 is 0 Å². The summed E-state index contributed by atoms with van der Waals surface area (Å²) in [6.07, 6.45) is 1.98. The summed E-state index contributed by atoms with van der Waals surface area (Å²) in [6, 6.07) is 7.89. The molecule has 1 aliphatic rings. The van der Waals surface area contributed by atoms with Gasteiger partial charge in [0.2, 0.25) is 0 Å². The maximum Gasteiger partial charge on any atom is 0.253 e. The van der Waals surface area contributed by atoms with Gasteiger partial charge in [0.1, 0.15) is 0 Å².